The zero-order valence-corrected chi connectivity index (χ0v) is 25.8. The van der Waals surface area contributed by atoms with Gasteiger partial charge in [-0.3, -0.25) is 9.59 Å². The predicted octanol–water partition coefficient (Wildman–Crippen LogP) is 6.02. The molecule has 0 radical (unpaired) electrons. The average molecular weight is 653 g/mol. The molecular formula is C31H36F4N4O7. The van der Waals surface area contributed by atoms with Crippen LogP contribution < -0.4 is 25.8 Å². The van der Waals surface area contributed by atoms with E-state index in [4.69, 9.17) is 19.6 Å². The number of oxazole rings is 1. The largest absolute Gasteiger partial charge is 0.490 e. The molecule has 0 aliphatic rings. The molecule has 0 aliphatic carbocycles. The zero-order valence-electron chi connectivity index (χ0n) is 25.8. The van der Waals surface area contributed by atoms with E-state index >= 15 is 0 Å². The lowest BCUT2D eigenvalue weighted by Crippen LogP contribution is -2.27. The van der Waals surface area contributed by atoms with Crippen LogP contribution in [0.25, 0.3) is 11.5 Å². The average Bonchev–Trinajstić information content (AvgIpc) is 3.41. The first kappa shape index (κ1) is 35.7. The monoisotopic (exact) mass is 652 g/mol. The second-order valence-electron chi connectivity index (χ2n) is 11.4. The highest BCUT2D eigenvalue weighted by molar-refractivity contribution is 5.94. The van der Waals surface area contributed by atoms with E-state index in [1.165, 1.54) is 31.3 Å². The number of carbonyl (C=O) groups is 3. The lowest BCUT2D eigenvalue weighted by Gasteiger charge is -2.24. The number of alkyl halides is 2. The summed E-state index contributed by atoms with van der Waals surface area (Å²) in [6, 6.07) is 6.73. The Morgan fingerprint density at radius 3 is 2.41 bits per heavy atom. The van der Waals surface area contributed by atoms with E-state index in [1.54, 1.807) is 0 Å². The quantitative estimate of drug-likeness (QED) is 0.133. The summed E-state index contributed by atoms with van der Waals surface area (Å²) in [5, 5.41) is 5.00. The number of nitrogens with two attached hydrogens (primary N) is 1. The molecule has 0 bridgehead atoms. The maximum Gasteiger partial charge on any atom is 0.405 e. The first-order valence-corrected chi connectivity index (χ1v) is 14.3. The van der Waals surface area contributed by atoms with Crippen LogP contribution in [0.4, 0.5) is 22.4 Å². The van der Waals surface area contributed by atoms with Crippen LogP contribution in [0.3, 0.4) is 0 Å². The molecule has 2 aromatic carbocycles. The summed E-state index contributed by atoms with van der Waals surface area (Å²) >= 11 is 0. The number of rotatable bonds is 15. The van der Waals surface area contributed by atoms with E-state index in [-0.39, 0.29) is 71.9 Å². The smallest absolute Gasteiger partial charge is 0.405 e. The molecular weight excluding hydrogens is 616 g/mol. The van der Waals surface area contributed by atoms with Gasteiger partial charge in [-0.2, -0.15) is 8.78 Å². The fraction of sp³-hybridized carbons (Fsp3) is 0.419. The Morgan fingerprint density at radius 2 is 1.78 bits per heavy atom. The number of aromatic nitrogens is 1. The molecule has 1 atom stereocenters. The molecule has 46 heavy (non-hydrogen) atoms. The van der Waals surface area contributed by atoms with Crippen molar-refractivity contribution in [3.05, 3.63) is 65.1 Å². The summed E-state index contributed by atoms with van der Waals surface area (Å²) in [5.41, 5.74) is 4.70. The van der Waals surface area contributed by atoms with Crippen LogP contribution in [0.5, 0.6) is 11.5 Å². The van der Waals surface area contributed by atoms with Crippen molar-refractivity contribution in [3.63, 3.8) is 0 Å². The minimum absolute atomic E-state index is 0.00798. The SMILES string of the molecule is CNC(=O)CCCCOc1cc(-c2nc(C(=O)NCc3ccc(F)cc3F)c([C@H](CC(C)(C)C)OC(N)=O)o2)ccc1OC(F)F. The van der Waals surface area contributed by atoms with Gasteiger partial charge >= 0.3 is 12.7 Å². The fourth-order valence-electron chi connectivity index (χ4n) is 4.29. The summed E-state index contributed by atoms with van der Waals surface area (Å²) < 4.78 is 75.3. The standard InChI is InChI=1S/C31H36F4N4O7/c1-31(2,3)15-23(45-30(36)42)26-25(27(41)38-16-18-8-10-19(32)14-20(18)33)39-28(46-26)17-9-11-21(44-29(34)35)22(13-17)43-12-6-5-7-24(40)37-4/h8-11,13-14,23,29H,5-7,12,15-16H2,1-4H3,(H2,36,42)(H,37,40)(H,38,41)/t23-/m0/s1. The van der Waals surface area contributed by atoms with Gasteiger partial charge in [0.15, 0.2) is 29.1 Å². The van der Waals surface area contributed by atoms with E-state index in [1.807, 2.05) is 20.8 Å². The molecule has 15 heteroatoms. The summed E-state index contributed by atoms with van der Waals surface area (Å²) in [4.78, 5) is 41.0. The predicted molar refractivity (Wildman–Crippen MR) is 157 cm³/mol. The van der Waals surface area contributed by atoms with Gasteiger partial charge in [0.2, 0.25) is 11.8 Å². The lowest BCUT2D eigenvalue weighted by molar-refractivity contribution is -0.120. The van der Waals surface area contributed by atoms with Crippen LogP contribution in [0.15, 0.2) is 40.8 Å². The lowest BCUT2D eigenvalue weighted by atomic mass is 9.88. The second kappa shape index (κ2) is 16.0. The van der Waals surface area contributed by atoms with Gasteiger partial charge in [-0.15, -0.1) is 0 Å². The van der Waals surface area contributed by atoms with Crippen LogP contribution in [-0.4, -0.2) is 43.2 Å². The Labute approximate surface area is 262 Å². The molecule has 0 saturated carbocycles. The normalized spacial score (nSPS) is 12.0. The molecule has 3 aromatic rings. The van der Waals surface area contributed by atoms with Gasteiger partial charge in [-0.1, -0.05) is 26.8 Å². The number of benzene rings is 2. The molecule has 0 spiro atoms. The van der Waals surface area contributed by atoms with Gasteiger partial charge < -0.3 is 35.0 Å². The molecule has 3 rings (SSSR count). The van der Waals surface area contributed by atoms with Crippen LogP contribution in [-0.2, 0) is 16.1 Å². The molecule has 0 saturated heterocycles. The maximum atomic E-state index is 14.2. The van der Waals surface area contributed by atoms with Crippen molar-refractivity contribution in [1.29, 1.82) is 0 Å². The van der Waals surface area contributed by atoms with Crippen molar-refractivity contribution >= 4 is 17.9 Å². The van der Waals surface area contributed by atoms with Gasteiger partial charge in [-0.25, -0.2) is 18.6 Å². The maximum absolute atomic E-state index is 14.2. The Bertz CT molecular complexity index is 1520. The second-order valence-corrected chi connectivity index (χ2v) is 11.4. The number of halogens is 4. The van der Waals surface area contributed by atoms with Crippen molar-refractivity contribution in [2.24, 2.45) is 11.1 Å². The van der Waals surface area contributed by atoms with E-state index in [0.717, 1.165) is 6.07 Å². The Morgan fingerprint density at radius 1 is 1.04 bits per heavy atom. The number of nitrogens with zero attached hydrogens (tertiary/aromatic N) is 1. The first-order valence-electron chi connectivity index (χ1n) is 14.3. The molecule has 3 amide bonds. The molecule has 1 heterocycles. The molecule has 250 valence electrons. The highest BCUT2D eigenvalue weighted by Crippen LogP contribution is 2.38. The highest BCUT2D eigenvalue weighted by Gasteiger charge is 2.33. The van der Waals surface area contributed by atoms with Crippen molar-refractivity contribution in [2.75, 3.05) is 13.7 Å². The first-order chi connectivity index (χ1) is 21.7. The molecule has 0 fully saturated rings. The summed E-state index contributed by atoms with van der Waals surface area (Å²) in [5.74, 6) is -3.38. The number of carbonyl (C=O) groups excluding carboxylic acids is 3. The number of hydrogen-bond donors (Lipinski definition) is 3. The van der Waals surface area contributed by atoms with Gasteiger partial charge in [0, 0.05) is 37.2 Å². The third-order valence-corrected chi connectivity index (χ3v) is 6.41. The molecule has 0 aliphatic heterocycles. The number of unbranched alkanes of at least 4 members (excludes halogenated alkanes) is 1. The van der Waals surface area contributed by atoms with Crippen LogP contribution in [0.1, 0.15) is 74.4 Å². The Kier molecular flexibility index (Phi) is 12.4. The van der Waals surface area contributed by atoms with Crippen molar-refractivity contribution in [3.8, 4) is 23.0 Å². The fourth-order valence-corrected chi connectivity index (χ4v) is 4.29. The van der Waals surface area contributed by atoms with E-state index in [2.05, 4.69) is 20.4 Å². The van der Waals surface area contributed by atoms with Crippen molar-refractivity contribution in [2.45, 2.75) is 65.7 Å². The van der Waals surface area contributed by atoms with Crippen LogP contribution >= 0.6 is 0 Å². The minimum atomic E-state index is -3.15. The molecule has 1 aromatic heterocycles. The van der Waals surface area contributed by atoms with Gasteiger partial charge in [0.05, 0.1) is 6.61 Å². The molecule has 0 unspecified atom stereocenters. The van der Waals surface area contributed by atoms with Crippen LogP contribution in [0.2, 0.25) is 0 Å². The third-order valence-electron chi connectivity index (χ3n) is 6.41. The minimum Gasteiger partial charge on any atom is -0.490 e. The highest BCUT2D eigenvalue weighted by atomic mass is 19.3. The topological polar surface area (TPSA) is 155 Å². The van der Waals surface area contributed by atoms with E-state index < -0.39 is 41.8 Å². The summed E-state index contributed by atoms with van der Waals surface area (Å²) in [6.07, 6.45) is -1.04. The number of hydrogen-bond acceptors (Lipinski definition) is 8. The van der Waals surface area contributed by atoms with Gasteiger partial charge in [-0.05, 0) is 48.9 Å². The number of primary amides is 1. The summed E-state index contributed by atoms with van der Waals surface area (Å²) in [6.45, 7) is 2.10. The van der Waals surface area contributed by atoms with E-state index in [9.17, 15) is 31.9 Å². The van der Waals surface area contributed by atoms with Crippen molar-refractivity contribution in [1.82, 2.24) is 15.6 Å². The molecule has 4 N–H and O–H groups in total. The van der Waals surface area contributed by atoms with E-state index in [0.29, 0.717) is 18.9 Å². The van der Waals surface area contributed by atoms with Gasteiger partial charge in [0.25, 0.3) is 5.91 Å². The van der Waals surface area contributed by atoms with Crippen molar-refractivity contribution < 1.29 is 50.6 Å². The summed E-state index contributed by atoms with van der Waals surface area (Å²) in [7, 11) is 1.51. The number of nitrogens with one attached hydrogen (secondary N) is 2. The molecule has 11 nitrogen and oxygen atoms in total. The van der Waals surface area contributed by atoms with Gasteiger partial charge in [0.1, 0.15) is 11.6 Å². The van der Waals surface area contributed by atoms with Crippen LogP contribution in [0, 0.1) is 17.0 Å². The zero-order chi connectivity index (χ0) is 34.0. The third kappa shape index (κ3) is 10.7. The Hall–Kier alpha value is -4.82. The Balaban J connectivity index is 1.99. The number of ether oxygens (including phenoxy) is 3. The number of amides is 3.